The molecule has 2 unspecified atom stereocenters. The number of carbonyl (C=O) groups excluding carboxylic acids is 2. The van der Waals surface area contributed by atoms with Crippen LogP contribution in [0.15, 0.2) is 109 Å². The van der Waals surface area contributed by atoms with Crippen molar-refractivity contribution >= 4 is 11.9 Å². The zero-order valence-electron chi connectivity index (χ0n) is 19.0. The summed E-state index contributed by atoms with van der Waals surface area (Å²) in [5.41, 5.74) is 0.762. The SMILES string of the molecule is Cc1ccc(C2(c3ccccc3)OC(=O)C(c3ccccc3)(c3ccc(C)cc3)OC2=O)cc1. The number of carbonyl (C=O) groups is 2. The topological polar surface area (TPSA) is 52.6 Å². The van der Waals surface area contributed by atoms with Gasteiger partial charge in [0, 0.05) is 22.3 Å². The molecule has 1 fully saturated rings. The third kappa shape index (κ3) is 3.30. The fourth-order valence-electron chi connectivity index (χ4n) is 4.47. The number of benzene rings is 4. The van der Waals surface area contributed by atoms with E-state index in [-0.39, 0.29) is 0 Å². The largest absolute Gasteiger partial charge is 0.433 e. The van der Waals surface area contributed by atoms with E-state index in [1.807, 2.05) is 74.5 Å². The summed E-state index contributed by atoms with van der Waals surface area (Å²) in [6.07, 6.45) is 0. The van der Waals surface area contributed by atoms with Crippen LogP contribution in [0.3, 0.4) is 0 Å². The van der Waals surface area contributed by atoms with E-state index in [2.05, 4.69) is 0 Å². The molecule has 0 spiro atoms. The van der Waals surface area contributed by atoms with E-state index in [1.54, 1.807) is 48.5 Å². The summed E-state index contributed by atoms with van der Waals surface area (Å²) >= 11 is 0. The third-order valence-corrected chi connectivity index (χ3v) is 6.34. The normalized spacial score (nSPS) is 22.1. The lowest BCUT2D eigenvalue weighted by atomic mass is 9.80. The van der Waals surface area contributed by atoms with Crippen LogP contribution < -0.4 is 0 Å². The molecule has 0 amide bonds. The van der Waals surface area contributed by atoms with Crippen molar-refractivity contribution in [3.05, 3.63) is 143 Å². The van der Waals surface area contributed by atoms with Gasteiger partial charge in [0.15, 0.2) is 0 Å². The molecule has 0 aromatic heterocycles. The van der Waals surface area contributed by atoms with Gasteiger partial charge in [0.05, 0.1) is 0 Å². The number of hydrogen-bond donors (Lipinski definition) is 0. The summed E-state index contributed by atoms with van der Waals surface area (Å²) in [5, 5.41) is 0. The van der Waals surface area contributed by atoms with Gasteiger partial charge in [-0.25, -0.2) is 9.59 Å². The molecule has 1 saturated heterocycles. The fraction of sp³-hybridized carbons (Fsp3) is 0.133. The lowest BCUT2D eigenvalue weighted by Crippen LogP contribution is -2.57. The first-order chi connectivity index (χ1) is 16.5. The minimum absolute atomic E-state index is 0.530. The Balaban J connectivity index is 1.73. The van der Waals surface area contributed by atoms with Crippen molar-refractivity contribution in [2.24, 2.45) is 0 Å². The van der Waals surface area contributed by atoms with Gasteiger partial charge in [0.2, 0.25) is 0 Å². The first kappa shape index (κ1) is 21.7. The van der Waals surface area contributed by atoms with Crippen molar-refractivity contribution in [3.63, 3.8) is 0 Å². The third-order valence-electron chi connectivity index (χ3n) is 6.34. The van der Waals surface area contributed by atoms with Crippen LogP contribution in [0.1, 0.15) is 33.4 Å². The van der Waals surface area contributed by atoms with Crippen molar-refractivity contribution in [2.45, 2.75) is 25.0 Å². The number of aryl methyl sites for hydroxylation is 2. The van der Waals surface area contributed by atoms with E-state index in [0.717, 1.165) is 11.1 Å². The molecule has 168 valence electrons. The maximum Gasteiger partial charge on any atom is 0.362 e. The lowest BCUT2D eigenvalue weighted by molar-refractivity contribution is -0.219. The van der Waals surface area contributed by atoms with E-state index in [9.17, 15) is 9.59 Å². The second-order valence-corrected chi connectivity index (χ2v) is 8.61. The second kappa shape index (κ2) is 8.31. The summed E-state index contributed by atoms with van der Waals surface area (Å²) in [5.74, 6) is -1.29. The van der Waals surface area contributed by atoms with Gasteiger partial charge in [0.25, 0.3) is 11.2 Å². The predicted octanol–water partition coefficient (Wildman–Crippen LogP) is 5.59. The zero-order chi connectivity index (χ0) is 23.8. The number of esters is 2. The van der Waals surface area contributed by atoms with Gasteiger partial charge in [-0.05, 0) is 13.8 Å². The highest BCUT2D eigenvalue weighted by atomic mass is 16.7. The van der Waals surface area contributed by atoms with Gasteiger partial charge in [-0.2, -0.15) is 0 Å². The van der Waals surface area contributed by atoms with Crippen LogP contribution in [0.4, 0.5) is 0 Å². The van der Waals surface area contributed by atoms with E-state index in [0.29, 0.717) is 22.3 Å². The molecule has 2 atom stereocenters. The maximum absolute atomic E-state index is 14.1. The Morgan fingerprint density at radius 3 is 1.06 bits per heavy atom. The molecule has 1 heterocycles. The van der Waals surface area contributed by atoms with E-state index >= 15 is 0 Å². The first-order valence-corrected chi connectivity index (χ1v) is 11.2. The molecule has 0 radical (unpaired) electrons. The molecule has 4 heteroatoms. The van der Waals surface area contributed by atoms with E-state index in [4.69, 9.17) is 9.47 Å². The van der Waals surface area contributed by atoms with Crippen molar-refractivity contribution in [1.29, 1.82) is 0 Å². The average molecular weight is 449 g/mol. The molecule has 4 nitrogen and oxygen atoms in total. The first-order valence-electron chi connectivity index (χ1n) is 11.2. The Kier molecular flexibility index (Phi) is 5.29. The average Bonchev–Trinajstić information content (AvgIpc) is 2.87. The predicted molar refractivity (Wildman–Crippen MR) is 129 cm³/mol. The number of hydrogen-bond acceptors (Lipinski definition) is 4. The van der Waals surface area contributed by atoms with Crippen LogP contribution in [0.2, 0.25) is 0 Å². The highest BCUT2D eigenvalue weighted by Gasteiger charge is 2.61. The van der Waals surface area contributed by atoms with Gasteiger partial charge in [-0.3, -0.25) is 0 Å². The number of ether oxygens (including phenoxy) is 2. The summed E-state index contributed by atoms with van der Waals surface area (Å²) in [7, 11) is 0. The van der Waals surface area contributed by atoms with Crippen molar-refractivity contribution in [2.75, 3.05) is 0 Å². The van der Waals surface area contributed by atoms with E-state index in [1.165, 1.54) is 0 Å². The molecule has 0 N–H and O–H groups in total. The van der Waals surface area contributed by atoms with E-state index < -0.39 is 23.1 Å². The quantitative estimate of drug-likeness (QED) is 0.382. The minimum Gasteiger partial charge on any atom is -0.433 e. The van der Waals surface area contributed by atoms with Crippen LogP contribution in [0, 0.1) is 13.8 Å². The molecule has 0 bridgehead atoms. The molecule has 5 rings (SSSR count). The fourth-order valence-corrected chi connectivity index (χ4v) is 4.47. The van der Waals surface area contributed by atoms with Crippen LogP contribution in [-0.4, -0.2) is 11.9 Å². The van der Waals surface area contributed by atoms with Crippen molar-refractivity contribution < 1.29 is 19.1 Å². The van der Waals surface area contributed by atoms with Crippen LogP contribution in [0.5, 0.6) is 0 Å². The van der Waals surface area contributed by atoms with Gasteiger partial charge >= 0.3 is 11.9 Å². The molecule has 34 heavy (non-hydrogen) atoms. The smallest absolute Gasteiger partial charge is 0.362 e. The van der Waals surface area contributed by atoms with Gasteiger partial charge < -0.3 is 9.47 Å². The number of rotatable bonds is 4. The summed E-state index contributed by atoms with van der Waals surface area (Å²) in [6, 6.07) is 32.8. The maximum atomic E-state index is 14.1. The molecule has 4 aromatic rings. The van der Waals surface area contributed by atoms with Crippen molar-refractivity contribution in [1.82, 2.24) is 0 Å². The molecule has 1 aliphatic heterocycles. The highest BCUT2D eigenvalue weighted by molar-refractivity contribution is 5.98. The Labute approximate surface area is 198 Å². The summed E-state index contributed by atoms with van der Waals surface area (Å²) in [6.45, 7) is 3.92. The van der Waals surface area contributed by atoms with Crippen LogP contribution in [-0.2, 0) is 30.3 Å². The summed E-state index contributed by atoms with van der Waals surface area (Å²) in [4.78, 5) is 28.2. The molecule has 4 aromatic carbocycles. The molecule has 0 saturated carbocycles. The van der Waals surface area contributed by atoms with Gasteiger partial charge in [-0.15, -0.1) is 0 Å². The number of cyclic esters (lactones) is 2. The van der Waals surface area contributed by atoms with Gasteiger partial charge in [-0.1, -0.05) is 120 Å². The standard InChI is InChI=1S/C30H24O4/c1-21-13-17-25(18-14-21)29(23-9-5-3-6-10-23)27(31)34-30(28(32)33-29,24-11-7-4-8-12-24)26-19-15-22(2)16-20-26/h3-20H,1-2H3. The molecule has 1 aliphatic rings. The van der Waals surface area contributed by atoms with Gasteiger partial charge in [0.1, 0.15) is 0 Å². The molecular formula is C30H24O4. The van der Waals surface area contributed by atoms with Crippen molar-refractivity contribution in [3.8, 4) is 0 Å². The highest BCUT2D eigenvalue weighted by Crippen LogP contribution is 2.47. The Bertz CT molecular complexity index is 1220. The monoisotopic (exact) mass is 448 g/mol. The van der Waals surface area contributed by atoms with Crippen LogP contribution >= 0.6 is 0 Å². The Morgan fingerprint density at radius 2 is 0.735 bits per heavy atom. The second-order valence-electron chi connectivity index (χ2n) is 8.61. The Hall–Kier alpha value is -4.18. The summed E-state index contributed by atoms with van der Waals surface area (Å²) < 4.78 is 12.5. The Morgan fingerprint density at radius 1 is 0.441 bits per heavy atom. The molecular weight excluding hydrogens is 424 g/mol. The molecule has 0 aliphatic carbocycles. The minimum atomic E-state index is -1.71. The zero-order valence-corrected chi connectivity index (χ0v) is 19.0. The lowest BCUT2D eigenvalue weighted by Gasteiger charge is -2.44. The van der Waals surface area contributed by atoms with Crippen LogP contribution in [0.25, 0.3) is 0 Å².